The summed E-state index contributed by atoms with van der Waals surface area (Å²) in [6.07, 6.45) is 3.98. The lowest BCUT2D eigenvalue weighted by Crippen LogP contribution is -2.36. The fraction of sp³-hybridized carbons (Fsp3) is 0.357. The zero-order valence-electron chi connectivity index (χ0n) is 11.3. The van der Waals surface area contributed by atoms with Crippen molar-refractivity contribution in [2.45, 2.75) is 19.6 Å². The quantitative estimate of drug-likeness (QED) is 0.864. The monoisotopic (exact) mass is 272 g/mol. The van der Waals surface area contributed by atoms with Crippen molar-refractivity contribution in [1.82, 2.24) is 19.7 Å². The van der Waals surface area contributed by atoms with Gasteiger partial charge >= 0.3 is 0 Å². The van der Waals surface area contributed by atoms with E-state index in [4.69, 9.17) is 0 Å². The summed E-state index contributed by atoms with van der Waals surface area (Å²) >= 11 is 0. The molecule has 1 amide bonds. The second-order valence-electron chi connectivity index (χ2n) is 4.87. The van der Waals surface area contributed by atoms with E-state index in [2.05, 4.69) is 10.1 Å². The minimum Gasteiger partial charge on any atom is -0.390 e. The molecule has 0 radical (unpaired) electrons. The van der Waals surface area contributed by atoms with Crippen LogP contribution in [0.4, 0.5) is 0 Å². The Kier molecular flexibility index (Phi) is 3.23. The van der Waals surface area contributed by atoms with E-state index >= 15 is 0 Å². The number of rotatable bonds is 2. The van der Waals surface area contributed by atoms with Crippen molar-refractivity contribution in [2.75, 3.05) is 6.54 Å². The summed E-state index contributed by atoms with van der Waals surface area (Å²) in [6, 6.07) is 3.52. The minimum atomic E-state index is -0.0991. The van der Waals surface area contributed by atoms with E-state index in [1.54, 1.807) is 34.1 Å². The third kappa shape index (κ3) is 2.08. The fourth-order valence-electron chi connectivity index (χ4n) is 2.64. The lowest BCUT2D eigenvalue weighted by molar-refractivity contribution is 0.0731. The molecule has 0 unspecified atom stereocenters. The highest BCUT2D eigenvalue weighted by atomic mass is 16.3. The van der Waals surface area contributed by atoms with Crippen molar-refractivity contribution in [3.05, 3.63) is 47.0 Å². The summed E-state index contributed by atoms with van der Waals surface area (Å²) < 4.78 is 1.80. The van der Waals surface area contributed by atoms with Gasteiger partial charge in [-0.2, -0.15) is 5.10 Å². The van der Waals surface area contributed by atoms with Crippen LogP contribution in [0.3, 0.4) is 0 Å². The molecule has 6 heteroatoms. The molecule has 0 aromatic carbocycles. The molecule has 0 atom stereocenters. The molecule has 3 heterocycles. The van der Waals surface area contributed by atoms with Gasteiger partial charge in [-0.15, -0.1) is 0 Å². The van der Waals surface area contributed by atoms with Crippen LogP contribution >= 0.6 is 0 Å². The van der Waals surface area contributed by atoms with Crippen molar-refractivity contribution in [2.24, 2.45) is 7.05 Å². The molecule has 0 spiro atoms. The number of amides is 1. The molecule has 0 fully saturated rings. The summed E-state index contributed by atoms with van der Waals surface area (Å²) in [4.78, 5) is 18.2. The zero-order valence-corrected chi connectivity index (χ0v) is 11.3. The lowest BCUT2D eigenvalue weighted by Gasteiger charge is -2.27. The van der Waals surface area contributed by atoms with Crippen LogP contribution in [-0.2, 0) is 26.6 Å². The third-order valence-electron chi connectivity index (χ3n) is 3.67. The average Bonchev–Trinajstić information content (AvgIpc) is 2.83. The van der Waals surface area contributed by atoms with Crippen molar-refractivity contribution in [3.63, 3.8) is 0 Å². The molecule has 104 valence electrons. The van der Waals surface area contributed by atoms with E-state index in [9.17, 15) is 9.90 Å². The van der Waals surface area contributed by atoms with Crippen LogP contribution in [0.25, 0.3) is 0 Å². The predicted octanol–water partition coefficient (Wildman–Crippen LogP) is 0.506. The highest BCUT2D eigenvalue weighted by Gasteiger charge is 2.26. The van der Waals surface area contributed by atoms with E-state index in [0.29, 0.717) is 24.3 Å². The molecule has 20 heavy (non-hydrogen) atoms. The number of pyridine rings is 1. The number of aryl methyl sites for hydroxylation is 1. The Labute approximate surface area is 116 Å². The van der Waals surface area contributed by atoms with Crippen LogP contribution in [0.5, 0.6) is 0 Å². The highest BCUT2D eigenvalue weighted by Crippen LogP contribution is 2.23. The molecule has 1 aliphatic rings. The predicted molar refractivity (Wildman–Crippen MR) is 71.8 cm³/mol. The average molecular weight is 272 g/mol. The van der Waals surface area contributed by atoms with Gasteiger partial charge in [0.15, 0.2) is 0 Å². The second kappa shape index (κ2) is 5.05. The Morgan fingerprint density at radius 3 is 3.05 bits per heavy atom. The maximum atomic E-state index is 12.4. The molecule has 1 aliphatic heterocycles. The summed E-state index contributed by atoms with van der Waals surface area (Å²) in [5, 5.41) is 13.7. The van der Waals surface area contributed by atoms with Gasteiger partial charge < -0.3 is 10.0 Å². The van der Waals surface area contributed by atoms with Gasteiger partial charge in [0.05, 0.1) is 17.9 Å². The summed E-state index contributed by atoms with van der Waals surface area (Å²) in [7, 11) is 1.87. The van der Waals surface area contributed by atoms with Crippen molar-refractivity contribution in [3.8, 4) is 0 Å². The molecule has 0 saturated heterocycles. The SMILES string of the molecule is Cn1nc(CO)c2c1CCN(C(=O)c1cccnc1)C2. The summed E-state index contributed by atoms with van der Waals surface area (Å²) in [6.45, 7) is 1.05. The van der Waals surface area contributed by atoms with Gasteiger partial charge in [-0.3, -0.25) is 14.5 Å². The van der Waals surface area contributed by atoms with Gasteiger partial charge in [0, 0.05) is 50.2 Å². The normalized spacial score (nSPS) is 14.2. The largest absolute Gasteiger partial charge is 0.390 e. The van der Waals surface area contributed by atoms with Crippen LogP contribution in [-0.4, -0.2) is 37.2 Å². The van der Waals surface area contributed by atoms with Crippen molar-refractivity contribution >= 4 is 5.91 Å². The van der Waals surface area contributed by atoms with E-state index in [1.165, 1.54) is 0 Å². The van der Waals surface area contributed by atoms with Gasteiger partial charge in [-0.25, -0.2) is 0 Å². The maximum Gasteiger partial charge on any atom is 0.255 e. The number of aliphatic hydroxyl groups excluding tert-OH is 1. The Bertz CT molecular complexity index is 636. The Morgan fingerprint density at radius 2 is 2.35 bits per heavy atom. The number of hydrogen-bond donors (Lipinski definition) is 1. The molecular weight excluding hydrogens is 256 g/mol. The van der Waals surface area contributed by atoms with Gasteiger partial charge in [0.1, 0.15) is 0 Å². The van der Waals surface area contributed by atoms with E-state index in [0.717, 1.165) is 17.7 Å². The molecule has 0 aliphatic carbocycles. The first-order valence-electron chi connectivity index (χ1n) is 6.54. The number of carbonyl (C=O) groups excluding carboxylic acids is 1. The third-order valence-corrected chi connectivity index (χ3v) is 3.67. The van der Waals surface area contributed by atoms with E-state index in [1.807, 2.05) is 7.05 Å². The number of fused-ring (bicyclic) bond motifs is 1. The lowest BCUT2D eigenvalue weighted by atomic mass is 10.0. The van der Waals surface area contributed by atoms with E-state index < -0.39 is 0 Å². The van der Waals surface area contributed by atoms with Gasteiger partial charge in [0.2, 0.25) is 0 Å². The second-order valence-corrected chi connectivity index (χ2v) is 4.87. The fourth-order valence-corrected chi connectivity index (χ4v) is 2.64. The molecule has 1 N–H and O–H groups in total. The van der Waals surface area contributed by atoms with Crippen molar-refractivity contribution in [1.29, 1.82) is 0 Å². The molecule has 2 aromatic heterocycles. The maximum absolute atomic E-state index is 12.4. The van der Waals surface area contributed by atoms with Gasteiger partial charge in [-0.1, -0.05) is 0 Å². The number of hydrogen-bond acceptors (Lipinski definition) is 4. The number of aliphatic hydroxyl groups is 1. The first kappa shape index (κ1) is 12.8. The highest BCUT2D eigenvalue weighted by molar-refractivity contribution is 5.94. The standard InChI is InChI=1S/C14H16N4O2/c1-17-13-4-6-18(8-11(13)12(9-19)16-17)14(20)10-3-2-5-15-7-10/h2-3,5,7,19H,4,6,8-9H2,1H3. The van der Waals surface area contributed by atoms with Gasteiger partial charge in [0.25, 0.3) is 5.91 Å². The molecule has 0 bridgehead atoms. The van der Waals surface area contributed by atoms with Crippen LogP contribution in [0, 0.1) is 0 Å². The summed E-state index contributed by atoms with van der Waals surface area (Å²) in [5.74, 6) is -0.0310. The van der Waals surface area contributed by atoms with Crippen LogP contribution in [0.15, 0.2) is 24.5 Å². The number of carbonyl (C=O) groups is 1. The Morgan fingerprint density at radius 1 is 1.50 bits per heavy atom. The first-order valence-corrected chi connectivity index (χ1v) is 6.54. The number of nitrogens with zero attached hydrogens (tertiary/aromatic N) is 4. The molecule has 3 rings (SSSR count). The molecule has 2 aromatic rings. The Hall–Kier alpha value is -2.21. The topological polar surface area (TPSA) is 71.2 Å². The van der Waals surface area contributed by atoms with E-state index in [-0.39, 0.29) is 12.5 Å². The van der Waals surface area contributed by atoms with Crippen LogP contribution in [0.1, 0.15) is 27.3 Å². The van der Waals surface area contributed by atoms with Crippen molar-refractivity contribution < 1.29 is 9.90 Å². The van der Waals surface area contributed by atoms with Crippen LogP contribution in [0.2, 0.25) is 0 Å². The smallest absolute Gasteiger partial charge is 0.255 e. The molecule has 0 saturated carbocycles. The summed E-state index contributed by atoms with van der Waals surface area (Å²) in [5.41, 5.74) is 3.32. The number of aromatic nitrogens is 3. The molecular formula is C14H16N4O2. The van der Waals surface area contributed by atoms with Gasteiger partial charge in [-0.05, 0) is 12.1 Å². The zero-order chi connectivity index (χ0) is 14.1. The molecule has 6 nitrogen and oxygen atoms in total. The first-order chi connectivity index (χ1) is 9.70. The minimum absolute atomic E-state index is 0.0310. The Balaban J connectivity index is 1.87. The van der Waals surface area contributed by atoms with Crippen LogP contribution < -0.4 is 0 Å².